The molecule has 2 N–H and O–H groups in total. The minimum atomic E-state index is -1.09. The number of hydrogen-bond donors (Lipinski definition) is 2. The molecule has 0 radical (unpaired) electrons. The molecule has 0 bridgehead atoms. The zero-order valence-electron chi connectivity index (χ0n) is 18.7. The summed E-state index contributed by atoms with van der Waals surface area (Å²) in [6, 6.07) is 14.9. The van der Waals surface area contributed by atoms with E-state index in [1.807, 2.05) is 13.0 Å². The molecule has 0 saturated carbocycles. The molecule has 6 nitrogen and oxygen atoms in total. The summed E-state index contributed by atoms with van der Waals surface area (Å²) in [7, 11) is 0. The van der Waals surface area contributed by atoms with Crippen LogP contribution in [-0.4, -0.2) is 17.7 Å². The molecule has 1 aliphatic heterocycles. The van der Waals surface area contributed by atoms with Gasteiger partial charge in [0.05, 0.1) is 11.3 Å². The largest absolute Gasteiger partial charge is 0.350 e. The average Bonchev–Trinajstić information content (AvgIpc) is 3.01. The predicted molar refractivity (Wildman–Crippen MR) is 126 cm³/mol. The second-order valence-corrected chi connectivity index (χ2v) is 8.00. The van der Waals surface area contributed by atoms with Crippen LogP contribution in [0, 0.1) is 25.5 Å². The van der Waals surface area contributed by atoms with Crippen LogP contribution < -0.4 is 15.5 Å². The number of carbonyl (C=O) groups excluding carboxylic acids is 3. The molecule has 3 amide bonds. The van der Waals surface area contributed by atoms with Gasteiger partial charge in [-0.25, -0.2) is 13.7 Å². The first kappa shape index (κ1) is 22.8. The summed E-state index contributed by atoms with van der Waals surface area (Å²) < 4.78 is 27.2. The number of rotatable bonds is 5. The van der Waals surface area contributed by atoms with Crippen LogP contribution in [0.1, 0.15) is 23.6 Å². The third-order valence-electron chi connectivity index (χ3n) is 5.36. The van der Waals surface area contributed by atoms with E-state index in [0.29, 0.717) is 16.9 Å². The number of anilines is 3. The van der Waals surface area contributed by atoms with Crippen LogP contribution in [0.5, 0.6) is 0 Å². The van der Waals surface area contributed by atoms with Gasteiger partial charge in [-0.1, -0.05) is 29.8 Å². The molecule has 0 aliphatic carbocycles. The summed E-state index contributed by atoms with van der Waals surface area (Å²) in [5.41, 5.74) is 3.20. The fraction of sp³-hybridized carbons (Fsp3) is 0.115. The van der Waals surface area contributed by atoms with Gasteiger partial charge in [0.2, 0.25) is 5.91 Å². The van der Waals surface area contributed by atoms with Gasteiger partial charge >= 0.3 is 0 Å². The lowest BCUT2D eigenvalue weighted by atomic mass is 10.0. The Kier molecular flexibility index (Phi) is 5.98. The summed E-state index contributed by atoms with van der Waals surface area (Å²) >= 11 is 0. The molecule has 0 saturated heterocycles. The van der Waals surface area contributed by atoms with Gasteiger partial charge < -0.3 is 10.6 Å². The van der Waals surface area contributed by atoms with Crippen molar-refractivity contribution in [1.29, 1.82) is 0 Å². The van der Waals surface area contributed by atoms with Crippen LogP contribution in [0.25, 0.3) is 5.57 Å². The zero-order valence-corrected chi connectivity index (χ0v) is 18.7. The highest BCUT2D eigenvalue weighted by Crippen LogP contribution is 2.35. The van der Waals surface area contributed by atoms with Gasteiger partial charge in [0.15, 0.2) is 11.6 Å². The third-order valence-corrected chi connectivity index (χ3v) is 5.36. The summed E-state index contributed by atoms with van der Waals surface area (Å²) in [5, 5.41) is 5.45. The first-order valence-corrected chi connectivity index (χ1v) is 10.5. The molecule has 0 fully saturated rings. The van der Waals surface area contributed by atoms with Crippen molar-refractivity contribution in [3.63, 3.8) is 0 Å². The molecule has 0 aromatic heterocycles. The topological polar surface area (TPSA) is 78.5 Å². The van der Waals surface area contributed by atoms with E-state index in [1.165, 1.54) is 13.0 Å². The number of amides is 3. The molecule has 0 spiro atoms. The maximum atomic E-state index is 13.8. The lowest BCUT2D eigenvalue weighted by molar-refractivity contribution is -0.120. The second-order valence-electron chi connectivity index (χ2n) is 8.00. The monoisotopic (exact) mass is 461 g/mol. The van der Waals surface area contributed by atoms with Crippen molar-refractivity contribution in [3.05, 3.63) is 94.7 Å². The Morgan fingerprint density at radius 1 is 0.824 bits per heavy atom. The minimum Gasteiger partial charge on any atom is -0.350 e. The normalized spacial score (nSPS) is 13.5. The van der Waals surface area contributed by atoms with Crippen molar-refractivity contribution >= 4 is 40.4 Å². The second kappa shape index (κ2) is 8.90. The van der Waals surface area contributed by atoms with Crippen LogP contribution >= 0.6 is 0 Å². The van der Waals surface area contributed by atoms with Crippen LogP contribution in [0.4, 0.5) is 25.8 Å². The van der Waals surface area contributed by atoms with Gasteiger partial charge in [-0.05, 0) is 55.3 Å². The van der Waals surface area contributed by atoms with Gasteiger partial charge in [0.1, 0.15) is 5.70 Å². The number of nitrogens with zero attached hydrogens (tertiary/aromatic N) is 1. The molecule has 172 valence electrons. The number of imide groups is 1. The molecule has 4 rings (SSSR count). The number of nitrogens with one attached hydrogen (secondary N) is 2. The standard InChI is InChI=1S/C26H21F2N3O3/c1-14-4-11-22(15(2)12-14)31-25(33)23(17-5-7-18(8-6-17)29-16(3)32)24(26(31)34)30-19-9-10-20(27)21(28)13-19/h4-13,30H,1-3H3,(H,29,32). The van der Waals surface area contributed by atoms with Crippen molar-refractivity contribution in [1.82, 2.24) is 0 Å². The number of benzene rings is 3. The van der Waals surface area contributed by atoms with Crippen molar-refractivity contribution in [3.8, 4) is 0 Å². The molecule has 1 aliphatic rings. The van der Waals surface area contributed by atoms with Crippen molar-refractivity contribution < 1.29 is 23.2 Å². The quantitative estimate of drug-likeness (QED) is 0.528. The van der Waals surface area contributed by atoms with E-state index >= 15 is 0 Å². The number of halogens is 2. The minimum absolute atomic E-state index is 0.0664. The highest BCUT2D eigenvalue weighted by atomic mass is 19.2. The highest BCUT2D eigenvalue weighted by molar-refractivity contribution is 6.46. The summed E-state index contributed by atoms with van der Waals surface area (Å²) in [6.45, 7) is 5.08. The average molecular weight is 461 g/mol. The van der Waals surface area contributed by atoms with E-state index in [2.05, 4.69) is 10.6 Å². The lowest BCUT2D eigenvalue weighted by Crippen LogP contribution is -2.33. The Labute approximate surface area is 194 Å². The van der Waals surface area contributed by atoms with Gasteiger partial charge in [-0.2, -0.15) is 0 Å². The van der Waals surface area contributed by atoms with Gasteiger partial charge in [-0.3, -0.25) is 14.4 Å². The van der Waals surface area contributed by atoms with E-state index in [9.17, 15) is 23.2 Å². The molecular formula is C26H21F2N3O3. The summed E-state index contributed by atoms with van der Waals surface area (Å²) in [6.07, 6.45) is 0. The molecule has 8 heteroatoms. The van der Waals surface area contributed by atoms with Gasteiger partial charge in [-0.15, -0.1) is 0 Å². The maximum absolute atomic E-state index is 13.8. The van der Waals surface area contributed by atoms with Crippen molar-refractivity contribution in [2.24, 2.45) is 0 Å². The third kappa shape index (κ3) is 4.30. The predicted octanol–water partition coefficient (Wildman–Crippen LogP) is 4.94. The first-order valence-electron chi connectivity index (χ1n) is 10.5. The van der Waals surface area contributed by atoms with Crippen molar-refractivity contribution in [2.75, 3.05) is 15.5 Å². The fourth-order valence-electron chi connectivity index (χ4n) is 3.83. The van der Waals surface area contributed by atoms with Gasteiger partial charge in [0.25, 0.3) is 11.8 Å². The Morgan fingerprint density at radius 2 is 1.50 bits per heavy atom. The Hall–Kier alpha value is -4.33. The number of carbonyl (C=O) groups is 3. The summed E-state index contributed by atoms with van der Waals surface area (Å²) in [4.78, 5) is 39.4. The smallest absolute Gasteiger partial charge is 0.282 e. The van der Waals surface area contributed by atoms with Crippen LogP contribution in [0.15, 0.2) is 66.4 Å². The molecule has 3 aromatic rings. The van der Waals surface area contributed by atoms with E-state index in [-0.39, 0.29) is 22.9 Å². The molecule has 34 heavy (non-hydrogen) atoms. The highest BCUT2D eigenvalue weighted by Gasteiger charge is 2.40. The molecule has 3 aromatic carbocycles. The molecular weight excluding hydrogens is 440 g/mol. The van der Waals surface area contributed by atoms with E-state index in [1.54, 1.807) is 43.3 Å². The first-order chi connectivity index (χ1) is 16.2. The van der Waals surface area contributed by atoms with Crippen LogP contribution in [0.3, 0.4) is 0 Å². The van der Waals surface area contributed by atoms with E-state index in [4.69, 9.17) is 0 Å². The Balaban J connectivity index is 1.81. The molecule has 1 heterocycles. The van der Waals surface area contributed by atoms with E-state index in [0.717, 1.165) is 28.2 Å². The SMILES string of the molecule is CC(=O)Nc1ccc(C2=C(Nc3ccc(F)c(F)c3)C(=O)N(c3ccc(C)cc3C)C2=O)cc1. The zero-order chi connectivity index (χ0) is 24.6. The fourth-order valence-corrected chi connectivity index (χ4v) is 3.83. The number of hydrogen-bond acceptors (Lipinski definition) is 4. The molecule has 0 atom stereocenters. The Bertz CT molecular complexity index is 1360. The van der Waals surface area contributed by atoms with Crippen LogP contribution in [-0.2, 0) is 14.4 Å². The lowest BCUT2D eigenvalue weighted by Gasteiger charge is -2.18. The number of aryl methyl sites for hydroxylation is 2. The Morgan fingerprint density at radius 3 is 2.12 bits per heavy atom. The van der Waals surface area contributed by atoms with Gasteiger partial charge in [0, 0.05) is 24.4 Å². The van der Waals surface area contributed by atoms with E-state index < -0.39 is 23.4 Å². The maximum Gasteiger partial charge on any atom is 0.282 e. The van der Waals surface area contributed by atoms with Crippen molar-refractivity contribution in [2.45, 2.75) is 20.8 Å². The molecule has 0 unspecified atom stereocenters. The van der Waals surface area contributed by atoms with Crippen LogP contribution in [0.2, 0.25) is 0 Å². The summed E-state index contributed by atoms with van der Waals surface area (Å²) in [5.74, 6) is -3.55.